The lowest BCUT2D eigenvalue weighted by atomic mass is 9.99. The number of benzene rings is 3. The molecule has 0 amide bonds. The summed E-state index contributed by atoms with van der Waals surface area (Å²) in [5.41, 5.74) is 1.30. The van der Waals surface area contributed by atoms with Crippen LogP contribution in [0.3, 0.4) is 0 Å². The summed E-state index contributed by atoms with van der Waals surface area (Å²) in [5.74, 6) is 0.695. The molecule has 1 N–H and O–H groups in total. The Balaban J connectivity index is 2.04. The molecule has 0 atom stereocenters. The summed E-state index contributed by atoms with van der Waals surface area (Å²) in [4.78, 5) is 12.8. The molecule has 0 saturated heterocycles. The average molecular weight is 318 g/mol. The van der Waals surface area contributed by atoms with E-state index in [9.17, 15) is 9.90 Å². The molecule has 4 heteroatoms. The Morgan fingerprint density at radius 1 is 0.958 bits per heavy atom. The third kappa shape index (κ3) is 2.12. The zero-order chi connectivity index (χ0) is 16.7. The molecule has 0 aliphatic carbocycles. The van der Waals surface area contributed by atoms with Crippen LogP contribution in [0.25, 0.3) is 32.9 Å². The van der Waals surface area contributed by atoms with E-state index in [0.717, 1.165) is 10.8 Å². The standard InChI is InChI=1S/C20H14O4/c1-23-20-14-5-3-2-4-12(14)6-8-15(20)17-11-24-18-10-13(21)7-9-16(18)19(17)22/h2-11,21H,1H3. The fraction of sp³-hybridized carbons (Fsp3) is 0.0500. The number of rotatable bonds is 2. The first-order valence-electron chi connectivity index (χ1n) is 7.49. The minimum atomic E-state index is -0.162. The van der Waals surface area contributed by atoms with Crippen LogP contribution in [0.5, 0.6) is 11.5 Å². The van der Waals surface area contributed by atoms with Gasteiger partial charge >= 0.3 is 0 Å². The molecule has 4 nitrogen and oxygen atoms in total. The van der Waals surface area contributed by atoms with E-state index < -0.39 is 0 Å². The lowest BCUT2D eigenvalue weighted by Crippen LogP contribution is -2.05. The molecule has 24 heavy (non-hydrogen) atoms. The van der Waals surface area contributed by atoms with E-state index in [4.69, 9.17) is 9.15 Å². The van der Waals surface area contributed by atoms with E-state index in [1.54, 1.807) is 13.2 Å². The van der Waals surface area contributed by atoms with Gasteiger partial charge in [-0.2, -0.15) is 0 Å². The lowest BCUT2D eigenvalue weighted by Gasteiger charge is -2.12. The van der Waals surface area contributed by atoms with E-state index in [1.165, 1.54) is 18.4 Å². The normalized spacial score (nSPS) is 11.0. The fourth-order valence-electron chi connectivity index (χ4n) is 2.98. The zero-order valence-corrected chi connectivity index (χ0v) is 12.9. The number of aromatic hydroxyl groups is 1. The number of phenolic OH excluding ortho intramolecular Hbond substituents is 1. The molecule has 3 aromatic carbocycles. The van der Waals surface area contributed by atoms with Crippen molar-refractivity contribution in [1.82, 2.24) is 0 Å². The summed E-state index contributed by atoms with van der Waals surface area (Å²) in [6.45, 7) is 0. The van der Waals surface area contributed by atoms with Gasteiger partial charge < -0.3 is 14.3 Å². The Bertz CT molecular complexity index is 1130. The predicted octanol–water partition coefficient (Wildman–Crippen LogP) is 4.33. The maximum absolute atomic E-state index is 12.8. The van der Waals surface area contributed by atoms with Gasteiger partial charge in [-0.25, -0.2) is 0 Å². The van der Waals surface area contributed by atoms with Gasteiger partial charge in [-0.05, 0) is 23.6 Å². The molecule has 0 saturated carbocycles. The molecule has 0 radical (unpaired) electrons. The summed E-state index contributed by atoms with van der Waals surface area (Å²) < 4.78 is 11.1. The molecular weight excluding hydrogens is 304 g/mol. The van der Waals surface area contributed by atoms with Gasteiger partial charge in [-0.3, -0.25) is 4.79 Å². The summed E-state index contributed by atoms with van der Waals surface area (Å²) >= 11 is 0. The van der Waals surface area contributed by atoms with Crippen molar-refractivity contribution in [3.05, 3.63) is 71.1 Å². The monoisotopic (exact) mass is 318 g/mol. The quantitative estimate of drug-likeness (QED) is 0.598. The lowest BCUT2D eigenvalue weighted by molar-refractivity contribution is 0.421. The molecule has 0 spiro atoms. The van der Waals surface area contributed by atoms with Gasteiger partial charge in [0, 0.05) is 17.0 Å². The first kappa shape index (κ1) is 14.3. The zero-order valence-electron chi connectivity index (χ0n) is 12.9. The Kier molecular flexibility index (Phi) is 3.24. The number of phenols is 1. The van der Waals surface area contributed by atoms with Crippen LogP contribution in [0.4, 0.5) is 0 Å². The number of ether oxygens (including phenoxy) is 1. The maximum Gasteiger partial charge on any atom is 0.200 e. The first-order chi connectivity index (χ1) is 11.7. The Hall–Kier alpha value is -3.27. The van der Waals surface area contributed by atoms with Crippen LogP contribution in [0.2, 0.25) is 0 Å². The van der Waals surface area contributed by atoms with Crippen molar-refractivity contribution in [2.75, 3.05) is 7.11 Å². The number of methoxy groups -OCH3 is 1. The van der Waals surface area contributed by atoms with Crippen LogP contribution in [0.15, 0.2) is 70.1 Å². The Morgan fingerprint density at radius 2 is 1.79 bits per heavy atom. The minimum Gasteiger partial charge on any atom is -0.508 e. The first-order valence-corrected chi connectivity index (χ1v) is 7.49. The molecular formula is C20H14O4. The van der Waals surface area contributed by atoms with Crippen molar-refractivity contribution in [2.24, 2.45) is 0 Å². The second-order valence-corrected chi connectivity index (χ2v) is 5.53. The van der Waals surface area contributed by atoms with Crippen LogP contribution in [0.1, 0.15) is 0 Å². The van der Waals surface area contributed by atoms with E-state index in [0.29, 0.717) is 27.8 Å². The number of hydrogen-bond donors (Lipinski definition) is 1. The van der Waals surface area contributed by atoms with E-state index in [1.807, 2.05) is 36.4 Å². The van der Waals surface area contributed by atoms with E-state index in [-0.39, 0.29) is 11.2 Å². The van der Waals surface area contributed by atoms with Crippen LogP contribution < -0.4 is 10.2 Å². The minimum absolute atomic E-state index is 0.0571. The fourth-order valence-corrected chi connectivity index (χ4v) is 2.98. The molecule has 0 aliphatic rings. The third-order valence-corrected chi connectivity index (χ3v) is 4.13. The van der Waals surface area contributed by atoms with Gasteiger partial charge in [0.15, 0.2) is 0 Å². The number of hydrogen-bond acceptors (Lipinski definition) is 4. The van der Waals surface area contributed by atoms with Crippen molar-refractivity contribution in [3.63, 3.8) is 0 Å². The molecule has 4 rings (SSSR count). The van der Waals surface area contributed by atoms with Gasteiger partial charge in [0.05, 0.1) is 18.1 Å². The van der Waals surface area contributed by atoms with Gasteiger partial charge in [0.1, 0.15) is 23.3 Å². The molecule has 0 fully saturated rings. The summed E-state index contributed by atoms with van der Waals surface area (Å²) in [6, 6.07) is 16.1. The molecule has 0 unspecified atom stereocenters. The van der Waals surface area contributed by atoms with Crippen LogP contribution in [0, 0.1) is 0 Å². The second-order valence-electron chi connectivity index (χ2n) is 5.53. The maximum atomic E-state index is 12.8. The van der Waals surface area contributed by atoms with Crippen LogP contribution >= 0.6 is 0 Å². The smallest absolute Gasteiger partial charge is 0.200 e. The highest BCUT2D eigenvalue weighted by atomic mass is 16.5. The largest absolute Gasteiger partial charge is 0.508 e. The van der Waals surface area contributed by atoms with Crippen LogP contribution in [-0.4, -0.2) is 12.2 Å². The van der Waals surface area contributed by atoms with E-state index in [2.05, 4.69) is 0 Å². The molecule has 0 aliphatic heterocycles. The number of fused-ring (bicyclic) bond motifs is 2. The van der Waals surface area contributed by atoms with E-state index >= 15 is 0 Å². The highest BCUT2D eigenvalue weighted by Crippen LogP contribution is 2.36. The van der Waals surface area contributed by atoms with Gasteiger partial charge in [0.2, 0.25) is 5.43 Å². The summed E-state index contributed by atoms with van der Waals surface area (Å²) in [5, 5.41) is 11.9. The van der Waals surface area contributed by atoms with Crippen molar-refractivity contribution in [3.8, 4) is 22.6 Å². The van der Waals surface area contributed by atoms with Gasteiger partial charge in [-0.1, -0.05) is 30.3 Å². The predicted molar refractivity (Wildman–Crippen MR) is 93.6 cm³/mol. The van der Waals surface area contributed by atoms with Crippen molar-refractivity contribution < 1.29 is 14.3 Å². The molecule has 1 heterocycles. The SMILES string of the molecule is COc1c(-c2coc3cc(O)ccc3c2=O)ccc2ccccc12. The van der Waals surface area contributed by atoms with Crippen molar-refractivity contribution >= 4 is 21.7 Å². The van der Waals surface area contributed by atoms with Gasteiger partial charge in [0.25, 0.3) is 0 Å². The van der Waals surface area contributed by atoms with Crippen molar-refractivity contribution in [1.29, 1.82) is 0 Å². The second kappa shape index (κ2) is 5.42. The average Bonchev–Trinajstić information content (AvgIpc) is 2.61. The topological polar surface area (TPSA) is 59.7 Å². The highest BCUT2D eigenvalue weighted by molar-refractivity contribution is 5.96. The summed E-state index contributed by atoms with van der Waals surface area (Å²) in [7, 11) is 1.59. The highest BCUT2D eigenvalue weighted by Gasteiger charge is 2.15. The van der Waals surface area contributed by atoms with Gasteiger partial charge in [-0.15, -0.1) is 0 Å². The molecule has 4 aromatic rings. The molecule has 0 bridgehead atoms. The molecule has 118 valence electrons. The Morgan fingerprint density at radius 3 is 2.62 bits per heavy atom. The molecule has 1 aromatic heterocycles. The van der Waals surface area contributed by atoms with Crippen molar-refractivity contribution in [2.45, 2.75) is 0 Å². The third-order valence-electron chi connectivity index (χ3n) is 4.13. The summed E-state index contributed by atoms with van der Waals surface area (Å²) in [6.07, 6.45) is 1.41. The van der Waals surface area contributed by atoms with Crippen LogP contribution in [-0.2, 0) is 0 Å². The Labute approximate surface area is 137 Å².